The molecule has 1 fully saturated rings. The van der Waals surface area contributed by atoms with Crippen LogP contribution in [-0.2, 0) is 0 Å². The Morgan fingerprint density at radius 3 is 2.88 bits per heavy atom. The maximum absolute atomic E-state index is 12.7. The van der Waals surface area contributed by atoms with Crippen LogP contribution in [0.15, 0.2) is 42.6 Å². The predicted octanol–water partition coefficient (Wildman–Crippen LogP) is 4.41. The summed E-state index contributed by atoms with van der Waals surface area (Å²) < 4.78 is 1.93. The van der Waals surface area contributed by atoms with Gasteiger partial charge in [0.2, 0.25) is 0 Å². The van der Waals surface area contributed by atoms with Gasteiger partial charge in [0.05, 0.1) is 16.1 Å². The highest BCUT2D eigenvalue weighted by atomic mass is 35.5. The van der Waals surface area contributed by atoms with Gasteiger partial charge in [-0.25, -0.2) is 4.79 Å². The standard InChI is InChI=1S/C17H15Cl2N5O/c18-12-7-6-11(10-13(12)19)20-17(25)23-9-3-4-14(23)16-22-21-15-5-1-2-8-24(15)16/h1-2,5-8,10,14H,3-4,9H2,(H,20,25)/t14-/m1/s1. The molecule has 0 unspecified atom stereocenters. The summed E-state index contributed by atoms with van der Waals surface area (Å²) in [5, 5.41) is 12.2. The topological polar surface area (TPSA) is 62.5 Å². The van der Waals surface area contributed by atoms with Crippen LogP contribution in [0.5, 0.6) is 0 Å². The van der Waals surface area contributed by atoms with E-state index in [9.17, 15) is 4.79 Å². The molecule has 1 N–H and O–H groups in total. The number of rotatable bonds is 2. The fraction of sp³-hybridized carbons (Fsp3) is 0.235. The van der Waals surface area contributed by atoms with Crippen molar-refractivity contribution in [2.75, 3.05) is 11.9 Å². The number of halogens is 2. The number of likely N-dealkylation sites (tertiary alicyclic amines) is 1. The molecule has 2 aromatic heterocycles. The molecule has 0 saturated carbocycles. The first kappa shape index (κ1) is 16.2. The highest BCUT2D eigenvalue weighted by Gasteiger charge is 2.33. The molecular weight excluding hydrogens is 361 g/mol. The third-order valence-corrected chi connectivity index (χ3v) is 5.06. The summed E-state index contributed by atoms with van der Waals surface area (Å²) >= 11 is 11.9. The summed E-state index contributed by atoms with van der Waals surface area (Å²) in [5.74, 6) is 0.775. The van der Waals surface area contributed by atoms with Crippen molar-refractivity contribution in [2.45, 2.75) is 18.9 Å². The van der Waals surface area contributed by atoms with Crippen molar-refractivity contribution in [3.63, 3.8) is 0 Å². The van der Waals surface area contributed by atoms with Gasteiger partial charge in [-0.15, -0.1) is 10.2 Å². The maximum atomic E-state index is 12.7. The molecule has 1 aliphatic heterocycles. The molecule has 1 atom stereocenters. The second-order valence-electron chi connectivity index (χ2n) is 5.90. The van der Waals surface area contributed by atoms with Crippen LogP contribution in [0.25, 0.3) is 5.65 Å². The molecule has 0 aliphatic carbocycles. The molecule has 0 radical (unpaired) electrons. The van der Waals surface area contributed by atoms with Gasteiger partial charge < -0.3 is 10.2 Å². The van der Waals surface area contributed by atoms with Gasteiger partial charge >= 0.3 is 6.03 Å². The molecule has 25 heavy (non-hydrogen) atoms. The van der Waals surface area contributed by atoms with Gasteiger partial charge in [-0.2, -0.15) is 0 Å². The Bertz CT molecular complexity index is 942. The Labute approximate surface area is 154 Å². The second-order valence-corrected chi connectivity index (χ2v) is 6.71. The number of nitrogens with zero attached hydrogens (tertiary/aromatic N) is 4. The Morgan fingerprint density at radius 2 is 2.04 bits per heavy atom. The number of carbonyl (C=O) groups is 1. The summed E-state index contributed by atoms with van der Waals surface area (Å²) in [7, 11) is 0. The van der Waals surface area contributed by atoms with Crippen LogP contribution in [0.2, 0.25) is 10.0 Å². The van der Waals surface area contributed by atoms with Gasteiger partial charge in [0.25, 0.3) is 0 Å². The van der Waals surface area contributed by atoms with Crippen molar-refractivity contribution in [3.8, 4) is 0 Å². The van der Waals surface area contributed by atoms with Crippen molar-refractivity contribution >= 4 is 40.6 Å². The minimum absolute atomic E-state index is 0.111. The largest absolute Gasteiger partial charge is 0.322 e. The Morgan fingerprint density at radius 1 is 1.16 bits per heavy atom. The molecule has 8 heteroatoms. The molecule has 1 aromatic carbocycles. The van der Waals surface area contributed by atoms with Crippen LogP contribution in [0, 0.1) is 0 Å². The number of amides is 2. The number of nitrogens with one attached hydrogen (secondary N) is 1. The number of hydrogen-bond acceptors (Lipinski definition) is 3. The number of benzene rings is 1. The van der Waals surface area contributed by atoms with Crippen molar-refractivity contribution in [3.05, 3.63) is 58.5 Å². The van der Waals surface area contributed by atoms with E-state index in [-0.39, 0.29) is 12.1 Å². The zero-order chi connectivity index (χ0) is 17.4. The smallest absolute Gasteiger partial charge is 0.314 e. The summed E-state index contributed by atoms with van der Waals surface area (Å²) in [4.78, 5) is 14.5. The minimum Gasteiger partial charge on any atom is -0.314 e. The van der Waals surface area contributed by atoms with E-state index in [1.807, 2.05) is 28.8 Å². The fourth-order valence-corrected chi connectivity index (χ4v) is 3.43. The van der Waals surface area contributed by atoms with Crippen LogP contribution < -0.4 is 5.32 Å². The van der Waals surface area contributed by atoms with Gasteiger partial charge in [0.1, 0.15) is 0 Å². The first-order chi connectivity index (χ1) is 12.1. The number of carbonyl (C=O) groups excluding carboxylic acids is 1. The Hall–Kier alpha value is -2.31. The molecule has 1 aliphatic rings. The van der Waals surface area contributed by atoms with Crippen LogP contribution >= 0.6 is 23.2 Å². The first-order valence-corrected chi connectivity index (χ1v) is 8.71. The van der Waals surface area contributed by atoms with Crippen LogP contribution in [0.1, 0.15) is 24.7 Å². The van der Waals surface area contributed by atoms with E-state index in [2.05, 4.69) is 15.5 Å². The van der Waals surface area contributed by atoms with Crippen LogP contribution in [0.3, 0.4) is 0 Å². The quantitative estimate of drug-likeness (QED) is 0.721. The van der Waals surface area contributed by atoms with Gasteiger partial charge in [-0.05, 0) is 43.2 Å². The number of pyridine rings is 1. The lowest BCUT2D eigenvalue weighted by Crippen LogP contribution is -2.35. The van der Waals surface area contributed by atoms with Crippen molar-refractivity contribution in [1.82, 2.24) is 19.5 Å². The number of fused-ring (bicyclic) bond motifs is 1. The normalized spacial score (nSPS) is 17.2. The average Bonchev–Trinajstić information content (AvgIpc) is 3.24. The third-order valence-electron chi connectivity index (χ3n) is 4.32. The van der Waals surface area contributed by atoms with Gasteiger partial charge in [0, 0.05) is 18.4 Å². The van der Waals surface area contributed by atoms with Crippen LogP contribution in [-0.4, -0.2) is 32.1 Å². The fourth-order valence-electron chi connectivity index (χ4n) is 3.13. The highest BCUT2D eigenvalue weighted by Crippen LogP contribution is 2.32. The summed E-state index contributed by atoms with van der Waals surface area (Å²) in [6, 6.07) is 10.5. The van der Waals surface area contributed by atoms with E-state index in [0.29, 0.717) is 22.3 Å². The monoisotopic (exact) mass is 375 g/mol. The Balaban J connectivity index is 1.58. The molecule has 4 rings (SSSR count). The summed E-state index contributed by atoms with van der Waals surface area (Å²) in [6.07, 6.45) is 3.68. The molecule has 6 nitrogen and oxygen atoms in total. The maximum Gasteiger partial charge on any atom is 0.322 e. The number of hydrogen-bond donors (Lipinski definition) is 1. The van der Waals surface area contributed by atoms with Gasteiger partial charge in [0.15, 0.2) is 11.5 Å². The van der Waals surface area contributed by atoms with E-state index in [1.54, 1.807) is 23.1 Å². The van der Waals surface area contributed by atoms with Gasteiger partial charge in [-0.1, -0.05) is 29.3 Å². The molecule has 0 bridgehead atoms. The number of urea groups is 1. The van der Waals surface area contributed by atoms with E-state index in [1.165, 1.54) is 0 Å². The number of anilines is 1. The van der Waals surface area contributed by atoms with Crippen molar-refractivity contribution in [1.29, 1.82) is 0 Å². The third kappa shape index (κ3) is 3.03. The molecule has 128 valence electrons. The molecule has 3 aromatic rings. The minimum atomic E-state index is -0.187. The zero-order valence-corrected chi connectivity index (χ0v) is 14.7. The van der Waals surface area contributed by atoms with E-state index in [4.69, 9.17) is 23.2 Å². The highest BCUT2D eigenvalue weighted by molar-refractivity contribution is 6.42. The average molecular weight is 376 g/mol. The van der Waals surface area contributed by atoms with E-state index in [0.717, 1.165) is 24.3 Å². The zero-order valence-electron chi connectivity index (χ0n) is 13.2. The van der Waals surface area contributed by atoms with E-state index < -0.39 is 0 Å². The lowest BCUT2D eigenvalue weighted by atomic mass is 10.2. The van der Waals surface area contributed by atoms with E-state index >= 15 is 0 Å². The Kier molecular flexibility index (Phi) is 4.23. The second kappa shape index (κ2) is 6.54. The summed E-state index contributed by atoms with van der Waals surface area (Å²) in [5.41, 5.74) is 1.38. The van der Waals surface area contributed by atoms with Crippen molar-refractivity contribution in [2.24, 2.45) is 0 Å². The van der Waals surface area contributed by atoms with Crippen molar-refractivity contribution < 1.29 is 4.79 Å². The first-order valence-electron chi connectivity index (χ1n) is 7.96. The lowest BCUT2D eigenvalue weighted by molar-refractivity contribution is 0.204. The molecular formula is C17H15Cl2N5O. The molecule has 1 saturated heterocycles. The molecule has 2 amide bonds. The summed E-state index contributed by atoms with van der Waals surface area (Å²) in [6.45, 7) is 0.666. The SMILES string of the molecule is O=C(Nc1ccc(Cl)c(Cl)c1)N1CCC[C@@H]1c1nnc2ccccn12. The lowest BCUT2D eigenvalue weighted by Gasteiger charge is -2.24. The predicted molar refractivity (Wildman–Crippen MR) is 97.1 cm³/mol. The number of aromatic nitrogens is 3. The molecule has 3 heterocycles. The molecule has 0 spiro atoms. The van der Waals surface area contributed by atoms with Crippen LogP contribution in [0.4, 0.5) is 10.5 Å². The van der Waals surface area contributed by atoms with Gasteiger partial charge in [-0.3, -0.25) is 4.40 Å².